The molecule has 2 atom stereocenters. The lowest BCUT2D eigenvalue weighted by Crippen LogP contribution is -2.48. The highest BCUT2D eigenvalue weighted by Gasteiger charge is 2.25. The molecule has 0 aromatic carbocycles. The Morgan fingerprint density at radius 2 is 2.20 bits per heavy atom. The molecular weight excluding hydrogens is 276 g/mol. The minimum absolute atomic E-state index is 0.0138. The van der Waals surface area contributed by atoms with Gasteiger partial charge in [-0.25, -0.2) is 0 Å². The number of nitrogens with zero attached hydrogens (tertiary/aromatic N) is 1. The Bertz CT molecular complexity index is 461. The van der Waals surface area contributed by atoms with Crippen molar-refractivity contribution in [2.45, 2.75) is 37.8 Å². The van der Waals surface area contributed by atoms with Crippen LogP contribution in [0.4, 0.5) is 0 Å². The van der Waals surface area contributed by atoms with E-state index in [0.29, 0.717) is 4.88 Å². The molecular formula is C14H20N2O3S. The van der Waals surface area contributed by atoms with Gasteiger partial charge in [-0.05, 0) is 24.3 Å². The number of nitrogens with one attached hydrogen (secondary N) is 1. The third-order valence-corrected chi connectivity index (χ3v) is 4.39. The number of thiophene rings is 1. The van der Waals surface area contributed by atoms with Gasteiger partial charge in [-0.3, -0.25) is 9.59 Å². The van der Waals surface area contributed by atoms with Crippen LogP contribution < -0.4 is 5.32 Å². The second-order valence-electron chi connectivity index (χ2n) is 5.16. The molecule has 6 heteroatoms. The molecule has 0 bridgehead atoms. The van der Waals surface area contributed by atoms with Crippen LogP contribution >= 0.6 is 11.3 Å². The summed E-state index contributed by atoms with van der Waals surface area (Å²) in [5.74, 6) is -0.373. The molecule has 2 rings (SSSR count). The summed E-state index contributed by atoms with van der Waals surface area (Å²) in [5, 5.41) is 14.5. The summed E-state index contributed by atoms with van der Waals surface area (Å²) in [5.41, 5.74) is 0. The Labute approximate surface area is 122 Å². The fraction of sp³-hybridized carbons (Fsp3) is 0.571. The molecule has 1 saturated carbocycles. The number of carbonyl (C=O) groups is 2. The maximum atomic E-state index is 12.0. The number of hydrogen-bond acceptors (Lipinski definition) is 4. The van der Waals surface area contributed by atoms with Crippen molar-refractivity contribution in [3.63, 3.8) is 0 Å². The highest BCUT2D eigenvalue weighted by molar-refractivity contribution is 7.12. The van der Waals surface area contributed by atoms with E-state index < -0.39 is 6.10 Å². The second kappa shape index (κ2) is 6.85. The molecule has 0 radical (unpaired) electrons. The summed E-state index contributed by atoms with van der Waals surface area (Å²) in [6.07, 6.45) is 3.09. The van der Waals surface area contributed by atoms with Crippen molar-refractivity contribution in [2.24, 2.45) is 0 Å². The first-order chi connectivity index (χ1) is 9.58. The molecule has 20 heavy (non-hydrogen) atoms. The van der Waals surface area contributed by atoms with Gasteiger partial charge in [0.1, 0.15) is 0 Å². The van der Waals surface area contributed by atoms with Crippen LogP contribution in [0.15, 0.2) is 17.5 Å². The molecule has 1 aromatic rings. The van der Waals surface area contributed by atoms with E-state index in [2.05, 4.69) is 5.32 Å². The van der Waals surface area contributed by atoms with E-state index in [1.54, 1.807) is 13.1 Å². The Balaban J connectivity index is 1.83. The molecule has 110 valence electrons. The Morgan fingerprint density at radius 3 is 2.85 bits per heavy atom. The predicted molar refractivity (Wildman–Crippen MR) is 77.7 cm³/mol. The van der Waals surface area contributed by atoms with E-state index in [-0.39, 0.29) is 24.4 Å². The van der Waals surface area contributed by atoms with Gasteiger partial charge in [0.15, 0.2) is 0 Å². The molecule has 1 fully saturated rings. The standard InChI is InChI=1S/C14H20N2O3S/c1-16(14(19)12-7-4-8-20-12)9-13(18)15-10-5-2-3-6-11(10)17/h4,7-8,10-11,17H,2-3,5-6,9H2,1H3,(H,15,18). The van der Waals surface area contributed by atoms with Gasteiger partial charge in [0, 0.05) is 7.05 Å². The van der Waals surface area contributed by atoms with Crippen LogP contribution in [0, 0.1) is 0 Å². The monoisotopic (exact) mass is 296 g/mol. The fourth-order valence-corrected chi connectivity index (χ4v) is 3.13. The molecule has 2 unspecified atom stereocenters. The Morgan fingerprint density at radius 1 is 1.45 bits per heavy atom. The quantitative estimate of drug-likeness (QED) is 0.878. The maximum absolute atomic E-state index is 12.0. The van der Waals surface area contributed by atoms with Crippen molar-refractivity contribution < 1.29 is 14.7 Å². The summed E-state index contributed by atoms with van der Waals surface area (Å²) < 4.78 is 0. The molecule has 0 spiro atoms. The lowest BCUT2D eigenvalue weighted by molar-refractivity contribution is -0.123. The van der Waals surface area contributed by atoms with Crippen LogP contribution in [0.5, 0.6) is 0 Å². The van der Waals surface area contributed by atoms with Crippen LogP contribution in [0.1, 0.15) is 35.4 Å². The first-order valence-electron chi connectivity index (χ1n) is 6.84. The van der Waals surface area contributed by atoms with Crippen LogP contribution in [0.2, 0.25) is 0 Å². The van der Waals surface area contributed by atoms with Crippen molar-refractivity contribution in [2.75, 3.05) is 13.6 Å². The normalized spacial score (nSPS) is 22.3. The Hall–Kier alpha value is -1.40. The number of likely N-dealkylation sites (N-methyl/N-ethyl adjacent to an activating group) is 1. The smallest absolute Gasteiger partial charge is 0.264 e. The van der Waals surface area contributed by atoms with E-state index in [9.17, 15) is 14.7 Å². The van der Waals surface area contributed by atoms with Gasteiger partial charge in [-0.15, -0.1) is 11.3 Å². The molecule has 0 saturated heterocycles. The molecule has 1 heterocycles. The summed E-state index contributed by atoms with van der Waals surface area (Å²) in [7, 11) is 1.61. The number of hydrogen-bond donors (Lipinski definition) is 2. The van der Waals surface area contributed by atoms with Gasteiger partial charge < -0.3 is 15.3 Å². The van der Waals surface area contributed by atoms with Gasteiger partial charge in [-0.1, -0.05) is 18.9 Å². The fourth-order valence-electron chi connectivity index (χ4n) is 2.41. The zero-order chi connectivity index (χ0) is 14.5. The molecule has 2 N–H and O–H groups in total. The summed E-state index contributed by atoms with van der Waals surface area (Å²) in [6.45, 7) is 0.0138. The van der Waals surface area contributed by atoms with Gasteiger partial charge in [0.05, 0.1) is 23.6 Å². The number of aliphatic hydroxyl groups excluding tert-OH is 1. The largest absolute Gasteiger partial charge is 0.391 e. The maximum Gasteiger partial charge on any atom is 0.264 e. The molecule has 0 aliphatic heterocycles. The van der Waals surface area contributed by atoms with Crippen molar-refractivity contribution in [1.82, 2.24) is 10.2 Å². The SMILES string of the molecule is CN(CC(=O)NC1CCCCC1O)C(=O)c1cccs1. The summed E-state index contributed by atoms with van der Waals surface area (Å²) in [6, 6.07) is 3.37. The molecule has 2 amide bonds. The molecule has 5 nitrogen and oxygen atoms in total. The first-order valence-corrected chi connectivity index (χ1v) is 7.72. The number of carbonyl (C=O) groups excluding carboxylic acids is 2. The number of rotatable bonds is 4. The topological polar surface area (TPSA) is 69.6 Å². The highest BCUT2D eigenvalue weighted by atomic mass is 32.1. The first kappa shape index (κ1) is 15.0. The third kappa shape index (κ3) is 3.80. The van der Waals surface area contributed by atoms with Crippen molar-refractivity contribution in [3.05, 3.63) is 22.4 Å². The lowest BCUT2D eigenvalue weighted by atomic mass is 9.92. The van der Waals surface area contributed by atoms with Gasteiger partial charge in [0.2, 0.25) is 5.91 Å². The van der Waals surface area contributed by atoms with Crippen LogP contribution in [0.3, 0.4) is 0 Å². The van der Waals surface area contributed by atoms with E-state index >= 15 is 0 Å². The lowest BCUT2D eigenvalue weighted by Gasteiger charge is -2.29. The number of amides is 2. The average Bonchev–Trinajstić information content (AvgIpc) is 2.94. The summed E-state index contributed by atoms with van der Waals surface area (Å²) in [4.78, 5) is 26.0. The molecule has 1 aromatic heterocycles. The van der Waals surface area contributed by atoms with Crippen molar-refractivity contribution in [1.29, 1.82) is 0 Å². The zero-order valence-electron chi connectivity index (χ0n) is 11.5. The molecule has 1 aliphatic rings. The molecule has 1 aliphatic carbocycles. The van der Waals surface area contributed by atoms with E-state index in [1.165, 1.54) is 16.2 Å². The van der Waals surface area contributed by atoms with Crippen LogP contribution in [-0.4, -0.2) is 47.6 Å². The minimum Gasteiger partial charge on any atom is -0.391 e. The van der Waals surface area contributed by atoms with E-state index in [1.807, 2.05) is 11.4 Å². The summed E-state index contributed by atoms with van der Waals surface area (Å²) >= 11 is 1.36. The Kier molecular flexibility index (Phi) is 5.14. The minimum atomic E-state index is -0.467. The highest BCUT2D eigenvalue weighted by Crippen LogP contribution is 2.18. The van der Waals surface area contributed by atoms with Gasteiger partial charge in [-0.2, -0.15) is 0 Å². The third-order valence-electron chi connectivity index (χ3n) is 3.54. The predicted octanol–water partition coefficient (Wildman–Crippen LogP) is 1.24. The van der Waals surface area contributed by atoms with Gasteiger partial charge in [0.25, 0.3) is 5.91 Å². The van der Waals surface area contributed by atoms with Crippen LogP contribution in [-0.2, 0) is 4.79 Å². The van der Waals surface area contributed by atoms with E-state index in [0.717, 1.165) is 25.7 Å². The zero-order valence-corrected chi connectivity index (χ0v) is 12.4. The van der Waals surface area contributed by atoms with E-state index in [4.69, 9.17) is 0 Å². The average molecular weight is 296 g/mol. The van der Waals surface area contributed by atoms with Gasteiger partial charge >= 0.3 is 0 Å². The van der Waals surface area contributed by atoms with Crippen molar-refractivity contribution >= 4 is 23.2 Å². The van der Waals surface area contributed by atoms with Crippen LogP contribution in [0.25, 0.3) is 0 Å². The van der Waals surface area contributed by atoms with Crippen molar-refractivity contribution in [3.8, 4) is 0 Å². The second-order valence-corrected chi connectivity index (χ2v) is 6.11. The number of aliphatic hydroxyl groups is 1.